The molecule has 2 nitrogen and oxygen atoms in total. The van der Waals surface area contributed by atoms with Gasteiger partial charge in [0.15, 0.2) is 0 Å². The highest BCUT2D eigenvalue weighted by atomic mass is 35.5. The zero-order valence-corrected chi connectivity index (χ0v) is 14.5. The van der Waals surface area contributed by atoms with Crippen molar-refractivity contribution in [3.8, 4) is 0 Å². The van der Waals surface area contributed by atoms with E-state index in [2.05, 4.69) is 0 Å². The van der Waals surface area contributed by atoms with Gasteiger partial charge in [0, 0.05) is 11.5 Å². The lowest BCUT2D eigenvalue weighted by Crippen LogP contribution is -1.97. The topological polar surface area (TPSA) is 52.0 Å². The Morgan fingerprint density at radius 2 is 0.833 bits per heavy atom. The van der Waals surface area contributed by atoms with Gasteiger partial charge in [0.05, 0.1) is 0 Å². The van der Waals surface area contributed by atoms with E-state index in [0.29, 0.717) is 0 Å². The van der Waals surface area contributed by atoms with Gasteiger partial charge in [-0.15, -0.1) is 24.8 Å². The van der Waals surface area contributed by atoms with Crippen molar-refractivity contribution >= 4 is 46.4 Å². The molecule has 0 saturated carbocycles. The summed E-state index contributed by atoms with van der Waals surface area (Å²) in [7, 11) is 4.07. The molecule has 0 unspecified atom stereocenters. The quantitative estimate of drug-likeness (QED) is 0.390. The van der Waals surface area contributed by atoms with Gasteiger partial charge in [-0.05, 0) is 38.8 Å². The van der Waals surface area contributed by atoms with Crippen LogP contribution in [-0.2, 0) is 0 Å². The Bertz CT molecular complexity index is 119. The maximum atomic E-state index is 5.44. The van der Waals surface area contributed by atoms with Crippen LogP contribution in [0.5, 0.6) is 0 Å². The summed E-state index contributed by atoms with van der Waals surface area (Å²) in [5.41, 5.74) is 10.9. The molecule has 0 saturated heterocycles. The van der Waals surface area contributed by atoms with Gasteiger partial charge in [-0.3, -0.25) is 0 Å². The Morgan fingerprint density at radius 1 is 0.500 bits per heavy atom. The summed E-state index contributed by atoms with van der Waals surface area (Å²) >= 11 is 0. The number of halogens is 2. The van der Waals surface area contributed by atoms with E-state index in [4.69, 9.17) is 11.5 Å². The van der Waals surface area contributed by atoms with Crippen molar-refractivity contribution in [1.29, 1.82) is 0 Å². The molecule has 114 valence electrons. The normalized spacial score (nSPS) is 9.67. The molecule has 6 heteroatoms. The average Bonchev–Trinajstić information content (AvgIpc) is 2.31. The summed E-state index contributed by atoms with van der Waals surface area (Å²) in [6, 6.07) is 0. The number of hydrogen-bond donors (Lipinski definition) is 2. The molecule has 0 aromatic rings. The predicted molar refractivity (Wildman–Crippen MR) is 94.5 cm³/mol. The molecule has 18 heavy (non-hydrogen) atoms. The molecule has 0 aliphatic carbocycles. The molecule has 0 aromatic heterocycles. The molecule has 0 amide bonds. The molecule has 0 rings (SSSR count). The first-order chi connectivity index (χ1) is 7.91. The Morgan fingerprint density at radius 3 is 1.17 bits per heavy atom. The second kappa shape index (κ2) is 23.3. The number of rotatable bonds is 13. The van der Waals surface area contributed by atoms with Gasteiger partial charge in [0.1, 0.15) is 0 Å². The molecule has 0 bridgehead atoms. The molecule has 0 fully saturated rings. The van der Waals surface area contributed by atoms with Gasteiger partial charge in [-0.1, -0.05) is 47.3 Å². The molecule has 0 aromatic carbocycles. The van der Waals surface area contributed by atoms with Crippen LogP contribution >= 0.6 is 46.4 Å². The minimum atomic E-state index is 0. The van der Waals surface area contributed by atoms with Crippen molar-refractivity contribution in [3.05, 3.63) is 0 Å². The minimum Gasteiger partial charge on any atom is -0.330 e. The summed E-state index contributed by atoms with van der Waals surface area (Å²) < 4.78 is 0. The summed E-state index contributed by atoms with van der Waals surface area (Å²) in [4.78, 5) is 0. The van der Waals surface area contributed by atoms with Crippen molar-refractivity contribution in [2.75, 3.05) is 24.6 Å². The fourth-order valence-corrected chi connectivity index (χ4v) is 3.73. The van der Waals surface area contributed by atoms with Gasteiger partial charge in [-0.2, -0.15) is 0 Å². The van der Waals surface area contributed by atoms with Crippen molar-refractivity contribution in [3.63, 3.8) is 0 Å². The third kappa shape index (κ3) is 22.4. The third-order valence-electron chi connectivity index (χ3n) is 2.45. The van der Waals surface area contributed by atoms with Crippen LogP contribution in [0.2, 0.25) is 0 Å². The maximum absolute atomic E-state index is 5.44. The highest BCUT2D eigenvalue weighted by molar-refractivity contribution is 8.76. The van der Waals surface area contributed by atoms with E-state index in [1.54, 1.807) is 0 Å². The Balaban J connectivity index is -0.00000112. The Labute approximate surface area is 133 Å². The van der Waals surface area contributed by atoms with Crippen LogP contribution in [0, 0.1) is 0 Å². The van der Waals surface area contributed by atoms with Crippen LogP contribution in [0.3, 0.4) is 0 Å². The summed E-state index contributed by atoms with van der Waals surface area (Å²) in [6.45, 7) is 1.70. The molecule has 0 radical (unpaired) electrons. The second-order valence-corrected chi connectivity index (χ2v) is 6.75. The molecule has 0 aliphatic heterocycles. The zero-order chi connectivity index (χ0) is 11.9. The smallest absolute Gasteiger partial charge is 0.00369 e. The summed E-state index contributed by atoms with van der Waals surface area (Å²) in [5.74, 6) is 2.61. The van der Waals surface area contributed by atoms with Crippen molar-refractivity contribution in [1.82, 2.24) is 0 Å². The molecule has 0 aliphatic rings. The van der Waals surface area contributed by atoms with E-state index >= 15 is 0 Å². The van der Waals surface area contributed by atoms with E-state index in [-0.39, 0.29) is 24.8 Å². The van der Waals surface area contributed by atoms with Gasteiger partial charge >= 0.3 is 0 Å². The highest BCUT2D eigenvalue weighted by Gasteiger charge is 1.93. The minimum absolute atomic E-state index is 0. The van der Waals surface area contributed by atoms with Crippen LogP contribution in [0.1, 0.15) is 51.4 Å². The van der Waals surface area contributed by atoms with Gasteiger partial charge in [0.2, 0.25) is 0 Å². The van der Waals surface area contributed by atoms with E-state index in [0.717, 1.165) is 13.1 Å². The number of unbranched alkanes of at least 4 members (excludes halogenated alkanes) is 6. The predicted octanol–water partition coefficient (Wildman–Crippen LogP) is 4.25. The zero-order valence-electron chi connectivity index (χ0n) is 11.3. The van der Waals surface area contributed by atoms with E-state index in [1.807, 2.05) is 21.6 Å². The van der Waals surface area contributed by atoms with Crippen LogP contribution < -0.4 is 11.5 Å². The van der Waals surface area contributed by atoms with Crippen LogP contribution in [0.25, 0.3) is 0 Å². The maximum Gasteiger partial charge on any atom is 0.00369 e. The molecular weight excluding hydrogens is 307 g/mol. The first-order valence-electron chi connectivity index (χ1n) is 6.56. The summed E-state index contributed by atoms with van der Waals surface area (Å²) in [6.07, 6.45) is 10.4. The van der Waals surface area contributed by atoms with Crippen LogP contribution in [0.15, 0.2) is 0 Å². The van der Waals surface area contributed by atoms with E-state index in [1.165, 1.54) is 62.9 Å². The lowest BCUT2D eigenvalue weighted by molar-refractivity contribution is 0.678. The van der Waals surface area contributed by atoms with E-state index < -0.39 is 0 Å². The lowest BCUT2D eigenvalue weighted by Gasteiger charge is -2.01. The first kappa shape index (κ1) is 24.2. The van der Waals surface area contributed by atoms with Gasteiger partial charge in [-0.25, -0.2) is 0 Å². The van der Waals surface area contributed by atoms with Gasteiger partial charge < -0.3 is 11.5 Å². The fourth-order valence-electron chi connectivity index (χ4n) is 1.44. The van der Waals surface area contributed by atoms with Crippen molar-refractivity contribution in [2.24, 2.45) is 11.5 Å². The Kier molecular flexibility index (Phi) is 31.4. The fraction of sp³-hybridized carbons (Fsp3) is 1.00. The molecule has 0 atom stereocenters. The van der Waals surface area contributed by atoms with Crippen LogP contribution in [0.4, 0.5) is 0 Å². The first-order valence-corrected chi connectivity index (χ1v) is 9.05. The third-order valence-corrected chi connectivity index (χ3v) is 5.02. The number of nitrogens with two attached hydrogens (primary N) is 2. The summed E-state index contributed by atoms with van der Waals surface area (Å²) in [5, 5.41) is 0. The van der Waals surface area contributed by atoms with Gasteiger partial charge in [0.25, 0.3) is 0 Å². The lowest BCUT2D eigenvalue weighted by atomic mass is 10.2. The van der Waals surface area contributed by atoms with E-state index in [9.17, 15) is 0 Å². The SMILES string of the molecule is Cl.Cl.NCCCCCCSSCCCCCCN. The average molecular weight is 337 g/mol. The molecule has 0 heterocycles. The Hall–Kier alpha value is 1.20. The standard InChI is InChI=1S/C12H28N2S2.2ClH/c13-9-5-1-3-7-11-15-16-12-8-4-2-6-10-14;;/h1-14H2;2*1H. The molecule has 4 N–H and O–H groups in total. The highest BCUT2D eigenvalue weighted by Crippen LogP contribution is 2.24. The van der Waals surface area contributed by atoms with Crippen molar-refractivity contribution in [2.45, 2.75) is 51.4 Å². The van der Waals surface area contributed by atoms with Crippen LogP contribution in [-0.4, -0.2) is 24.6 Å². The molecular formula is C12H30Cl2N2S2. The number of hydrogen-bond acceptors (Lipinski definition) is 4. The largest absolute Gasteiger partial charge is 0.330 e. The second-order valence-electron chi connectivity index (χ2n) is 4.05. The molecule has 0 spiro atoms. The van der Waals surface area contributed by atoms with Crippen molar-refractivity contribution < 1.29 is 0 Å². The monoisotopic (exact) mass is 336 g/mol.